The van der Waals surface area contributed by atoms with E-state index < -0.39 is 10.0 Å². The molecular weight excluding hydrogens is 310 g/mol. The van der Waals surface area contributed by atoms with Gasteiger partial charge in [0.2, 0.25) is 10.0 Å². The normalized spacial score (nSPS) is 11.6. The fourth-order valence-corrected chi connectivity index (χ4v) is 3.72. The third-order valence-electron chi connectivity index (χ3n) is 3.83. The van der Waals surface area contributed by atoms with Crippen molar-refractivity contribution in [2.75, 3.05) is 11.4 Å². The Morgan fingerprint density at radius 3 is 2.43 bits per heavy atom. The summed E-state index contributed by atoms with van der Waals surface area (Å²) in [6.45, 7) is 1.91. The minimum atomic E-state index is -3.47. The number of rotatable bonds is 4. The van der Waals surface area contributed by atoms with Gasteiger partial charge in [-0.25, -0.2) is 8.42 Å². The van der Waals surface area contributed by atoms with E-state index >= 15 is 0 Å². The van der Waals surface area contributed by atoms with Gasteiger partial charge in [-0.1, -0.05) is 24.3 Å². The molecule has 3 aromatic rings. The molecule has 0 fully saturated rings. The van der Waals surface area contributed by atoms with Crippen molar-refractivity contribution in [3.63, 3.8) is 0 Å². The van der Waals surface area contributed by atoms with Crippen molar-refractivity contribution in [1.29, 1.82) is 0 Å². The van der Waals surface area contributed by atoms with Crippen LogP contribution in [-0.4, -0.2) is 25.4 Å². The second-order valence-electron chi connectivity index (χ2n) is 5.38. The maximum Gasteiger partial charge on any atom is 0.239 e. The number of benzene rings is 2. The predicted molar refractivity (Wildman–Crippen MR) is 91.7 cm³/mol. The molecule has 0 aliphatic carbocycles. The Labute approximate surface area is 135 Å². The number of sulfonamides is 1. The lowest BCUT2D eigenvalue weighted by atomic mass is 10.1. The first-order valence-electron chi connectivity index (χ1n) is 7.19. The molecule has 23 heavy (non-hydrogen) atoms. The van der Waals surface area contributed by atoms with E-state index in [0.29, 0.717) is 11.2 Å². The van der Waals surface area contributed by atoms with Gasteiger partial charge in [0.1, 0.15) is 0 Å². The zero-order valence-electron chi connectivity index (χ0n) is 13.0. The molecule has 6 heteroatoms. The molecule has 0 saturated heterocycles. The highest BCUT2D eigenvalue weighted by molar-refractivity contribution is 7.92. The first-order valence-corrected chi connectivity index (χ1v) is 8.80. The Morgan fingerprint density at radius 2 is 1.70 bits per heavy atom. The van der Waals surface area contributed by atoms with Crippen LogP contribution in [-0.2, 0) is 15.8 Å². The molecule has 0 N–H and O–H groups in total. The highest BCUT2D eigenvalue weighted by Crippen LogP contribution is 2.23. The van der Waals surface area contributed by atoms with Crippen LogP contribution in [0, 0.1) is 6.92 Å². The van der Waals surface area contributed by atoms with E-state index in [4.69, 9.17) is 0 Å². The third-order valence-corrected chi connectivity index (χ3v) is 5.55. The van der Waals surface area contributed by atoms with Crippen molar-refractivity contribution in [3.05, 3.63) is 66.0 Å². The van der Waals surface area contributed by atoms with Crippen molar-refractivity contribution in [2.45, 2.75) is 12.7 Å². The molecule has 0 aliphatic heterocycles. The Bertz CT molecular complexity index is 955. The monoisotopic (exact) mass is 327 g/mol. The van der Waals surface area contributed by atoms with E-state index in [1.165, 1.54) is 4.31 Å². The van der Waals surface area contributed by atoms with E-state index in [9.17, 15) is 8.42 Å². The molecule has 0 atom stereocenters. The van der Waals surface area contributed by atoms with Gasteiger partial charge in [0.05, 0.1) is 22.5 Å². The summed E-state index contributed by atoms with van der Waals surface area (Å²) in [6, 6.07) is 12.8. The van der Waals surface area contributed by atoms with E-state index in [-0.39, 0.29) is 5.75 Å². The second kappa shape index (κ2) is 5.96. The molecule has 0 amide bonds. The van der Waals surface area contributed by atoms with Gasteiger partial charge >= 0.3 is 0 Å². The number of hydrogen-bond donors (Lipinski definition) is 0. The fraction of sp³-hybridized carbons (Fsp3) is 0.176. The Morgan fingerprint density at radius 1 is 1.00 bits per heavy atom. The van der Waals surface area contributed by atoms with E-state index in [2.05, 4.69) is 9.97 Å². The topological polar surface area (TPSA) is 63.2 Å². The van der Waals surface area contributed by atoms with Crippen LogP contribution >= 0.6 is 0 Å². The van der Waals surface area contributed by atoms with Crippen LogP contribution in [0.3, 0.4) is 0 Å². The molecule has 1 heterocycles. The third kappa shape index (κ3) is 3.17. The maximum absolute atomic E-state index is 12.7. The first kappa shape index (κ1) is 15.4. The lowest BCUT2D eigenvalue weighted by molar-refractivity contribution is 0.593. The van der Waals surface area contributed by atoms with Crippen molar-refractivity contribution >= 4 is 26.7 Å². The van der Waals surface area contributed by atoms with Crippen LogP contribution in [0.25, 0.3) is 11.0 Å². The molecule has 5 nitrogen and oxygen atoms in total. The summed E-state index contributed by atoms with van der Waals surface area (Å²) in [4.78, 5) is 8.41. The number of aryl methyl sites for hydroxylation is 1. The highest BCUT2D eigenvalue weighted by atomic mass is 32.2. The van der Waals surface area contributed by atoms with Crippen molar-refractivity contribution < 1.29 is 8.42 Å². The number of hydrogen-bond acceptors (Lipinski definition) is 4. The quantitative estimate of drug-likeness (QED) is 0.739. The average molecular weight is 327 g/mol. The summed E-state index contributed by atoms with van der Waals surface area (Å²) < 4.78 is 26.7. The molecule has 118 valence electrons. The highest BCUT2D eigenvalue weighted by Gasteiger charge is 2.20. The summed E-state index contributed by atoms with van der Waals surface area (Å²) in [7, 11) is -1.91. The van der Waals surface area contributed by atoms with Crippen LogP contribution in [0.5, 0.6) is 0 Å². The lowest BCUT2D eigenvalue weighted by Crippen LogP contribution is -2.28. The summed E-state index contributed by atoms with van der Waals surface area (Å²) in [6.07, 6.45) is 3.20. The molecule has 0 saturated carbocycles. The van der Waals surface area contributed by atoms with Crippen molar-refractivity contribution in [2.24, 2.45) is 0 Å². The van der Waals surface area contributed by atoms with Gasteiger partial charge in [-0.05, 0) is 36.2 Å². The summed E-state index contributed by atoms with van der Waals surface area (Å²) in [5, 5.41) is 0. The van der Waals surface area contributed by atoms with Gasteiger partial charge in [0.25, 0.3) is 0 Å². The Kier molecular flexibility index (Phi) is 4.00. The molecule has 0 unspecified atom stereocenters. The maximum atomic E-state index is 12.7. The van der Waals surface area contributed by atoms with Gasteiger partial charge in [0, 0.05) is 19.4 Å². The van der Waals surface area contributed by atoms with Gasteiger partial charge in [-0.3, -0.25) is 14.3 Å². The number of anilines is 1. The molecule has 1 aromatic heterocycles. The summed E-state index contributed by atoms with van der Waals surface area (Å²) >= 11 is 0. The first-order chi connectivity index (χ1) is 11.0. The Hall–Kier alpha value is -2.47. The zero-order chi connectivity index (χ0) is 16.4. The van der Waals surface area contributed by atoms with Gasteiger partial charge in [-0.2, -0.15) is 0 Å². The van der Waals surface area contributed by atoms with Crippen LogP contribution < -0.4 is 4.31 Å². The molecule has 0 spiro atoms. The number of fused-ring (bicyclic) bond motifs is 1. The minimum Gasteiger partial charge on any atom is -0.273 e. The SMILES string of the molecule is Cc1ccccc1CS(=O)(=O)N(C)c1ccc2nccnc2c1. The standard InChI is InChI=1S/C17H17N3O2S/c1-13-5-3-4-6-14(13)12-23(21,22)20(2)15-7-8-16-17(11-15)19-10-9-18-16/h3-11H,12H2,1-2H3. The van der Waals surface area contributed by atoms with Crippen molar-refractivity contribution in [1.82, 2.24) is 9.97 Å². The predicted octanol–water partition coefficient (Wildman–Crippen LogP) is 2.90. The molecule has 2 aromatic carbocycles. The number of aromatic nitrogens is 2. The van der Waals surface area contributed by atoms with Crippen LogP contribution in [0.4, 0.5) is 5.69 Å². The molecular formula is C17H17N3O2S. The minimum absolute atomic E-state index is 0.0331. The average Bonchev–Trinajstić information content (AvgIpc) is 2.55. The van der Waals surface area contributed by atoms with E-state index in [1.807, 2.05) is 31.2 Å². The van der Waals surface area contributed by atoms with Gasteiger partial charge in [-0.15, -0.1) is 0 Å². The van der Waals surface area contributed by atoms with Gasteiger partial charge < -0.3 is 0 Å². The molecule has 0 radical (unpaired) electrons. The number of nitrogens with zero attached hydrogens (tertiary/aromatic N) is 3. The van der Waals surface area contributed by atoms with E-state index in [1.54, 1.807) is 37.6 Å². The lowest BCUT2D eigenvalue weighted by Gasteiger charge is -2.20. The zero-order valence-corrected chi connectivity index (χ0v) is 13.8. The van der Waals surface area contributed by atoms with E-state index in [0.717, 1.165) is 16.6 Å². The largest absolute Gasteiger partial charge is 0.273 e. The van der Waals surface area contributed by atoms with Gasteiger partial charge in [0.15, 0.2) is 0 Å². The molecule has 3 rings (SSSR count). The fourth-order valence-electron chi connectivity index (χ4n) is 2.37. The molecule has 0 bridgehead atoms. The summed E-state index contributed by atoms with van der Waals surface area (Å²) in [5.74, 6) is -0.0331. The van der Waals surface area contributed by atoms with Crippen LogP contribution in [0.15, 0.2) is 54.9 Å². The van der Waals surface area contributed by atoms with Crippen LogP contribution in [0.2, 0.25) is 0 Å². The van der Waals surface area contributed by atoms with Crippen molar-refractivity contribution in [3.8, 4) is 0 Å². The second-order valence-corrected chi connectivity index (χ2v) is 7.38. The Balaban J connectivity index is 1.93. The summed E-state index contributed by atoms with van der Waals surface area (Å²) in [5.41, 5.74) is 3.75. The smallest absolute Gasteiger partial charge is 0.239 e. The molecule has 0 aliphatic rings. The van der Waals surface area contributed by atoms with Crippen LogP contribution in [0.1, 0.15) is 11.1 Å².